The molecule has 1 amide bonds. The Morgan fingerprint density at radius 2 is 1.61 bits per heavy atom. The van der Waals surface area contributed by atoms with Crippen LogP contribution in [0, 0.1) is 0 Å². The summed E-state index contributed by atoms with van der Waals surface area (Å²) in [6.45, 7) is -0.253. The number of methoxy groups -OCH3 is 1. The van der Waals surface area contributed by atoms with Crippen LogP contribution in [0.3, 0.4) is 0 Å². The second-order valence-electron chi connectivity index (χ2n) is 5.69. The molecule has 28 heavy (non-hydrogen) atoms. The van der Waals surface area contributed by atoms with Crippen molar-refractivity contribution in [3.8, 4) is 0 Å². The average molecular weight is 379 g/mol. The normalized spacial score (nSPS) is 10.2. The molecule has 0 saturated carbocycles. The Bertz CT molecular complexity index is 993. The van der Waals surface area contributed by atoms with Crippen LogP contribution in [0.15, 0.2) is 71.3 Å². The molecule has 3 aromatic rings. The summed E-state index contributed by atoms with van der Waals surface area (Å²) >= 11 is 0. The highest BCUT2D eigenvalue weighted by Gasteiger charge is 2.19. The van der Waals surface area contributed by atoms with Crippen LogP contribution in [0.1, 0.15) is 36.8 Å². The van der Waals surface area contributed by atoms with Crippen molar-refractivity contribution in [3.05, 3.63) is 89.4 Å². The van der Waals surface area contributed by atoms with E-state index in [1.807, 2.05) is 0 Å². The van der Waals surface area contributed by atoms with Crippen molar-refractivity contribution in [2.45, 2.75) is 6.61 Å². The molecule has 0 radical (unpaired) electrons. The zero-order chi connectivity index (χ0) is 19.9. The van der Waals surface area contributed by atoms with Crippen molar-refractivity contribution in [2.75, 3.05) is 12.4 Å². The Morgan fingerprint density at radius 1 is 0.893 bits per heavy atom. The lowest BCUT2D eigenvalue weighted by molar-refractivity contribution is 0.0433. The van der Waals surface area contributed by atoms with E-state index in [4.69, 9.17) is 9.15 Å². The number of carbonyl (C=O) groups is 3. The number of amides is 1. The standard InChI is InChI=1S/C21H17NO6/c1-26-20(24)16-11-12-27-18(16)13-28-21(25)15-9-5-6-10-17(15)22-19(23)14-7-3-2-4-8-14/h2-12H,13H2,1H3,(H,22,23). The Kier molecular flexibility index (Phi) is 5.86. The number of anilines is 1. The average Bonchev–Trinajstić information content (AvgIpc) is 3.21. The summed E-state index contributed by atoms with van der Waals surface area (Å²) < 4.78 is 15.1. The molecule has 2 aromatic carbocycles. The molecular formula is C21H17NO6. The van der Waals surface area contributed by atoms with Gasteiger partial charge in [0.2, 0.25) is 0 Å². The van der Waals surface area contributed by atoms with E-state index < -0.39 is 11.9 Å². The molecule has 0 aliphatic rings. The number of benzene rings is 2. The van der Waals surface area contributed by atoms with Gasteiger partial charge in [-0.15, -0.1) is 0 Å². The number of para-hydroxylation sites is 1. The molecule has 0 spiro atoms. The summed E-state index contributed by atoms with van der Waals surface area (Å²) in [4.78, 5) is 36.5. The lowest BCUT2D eigenvalue weighted by Gasteiger charge is -2.11. The molecule has 142 valence electrons. The maximum absolute atomic E-state index is 12.5. The van der Waals surface area contributed by atoms with Crippen molar-refractivity contribution in [3.63, 3.8) is 0 Å². The topological polar surface area (TPSA) is 94.8 Å². The lowest BCUT2D eigenvalue weighted by atomic mass is 10.1. The van der Waals surface area contributed by atoms with Crippen LogP contribution in [0.5, 0.6) is 0 Å². The minimum atomic E-state index is -0.670. The molecule has 0 aliphatic carbocycles. The number of rotatable bonds is 6. The van der Waals surface area contributed by atoms with E-state index in [9.17, 15) is 14.4 Å². The van der Waals surface area contributed by atoms with Gasteiger partial charge in [0, 0.05) is 5.56 Å². The van der Waals surface area contributed by atoms with Crippen LogP contribution in [-0.2, 0) is 16.1 Å². The number of furan rings is 1. The van der Waals surface area contributed by atoms with E-state index in [0.717, 1.165) is 0 Å². The van der Waals surface area contributed by atoms with Crippen LogP contribution in [0.25, 0.3) is 0 Å². The predicted octanol–water partition coefficient (Wildman–Crippen LogP) is 3.68. The predicted molar refractivity (Wildman–Crippen MR) is 100 cm³/mol. The Morgan fingerprint density at radius 3 is 2.36 bits per heavy atom. The third-order valence-corrected chi connectivity index (χ3v) is 3.92. The second-order valence-corrected chi connectivity index (χ2v) is 5.69. The van der Waals surface area contributed by atoms with E-state index in [2.05, 4.69) is 10.1 Å². The quantitative estimate of drug-likeness (QED) is 0.657. The minimum Gasteiger partial charge on any atom is -0.465 e. The van der Waals surface area contributed by atoms with Gasteiger partial charge in [-0.3, -0.25) is 4.79 Å². The Labute approximate surface area is 160 Å². The van der Waals surface area contributed by atoms with Crippen molar-refractivity contribution in [1.82, 2.24) is 0 Å². The van der Waals surface area contributed by atoms with Gasteiger partial charge in [0.25, 0.3) is 5.91 Å². The number of carbonyl (C=O) groups excluding carboxylic acids is 3. The van der Waals surface area contributed by atoms with Crippen molar-refractivity contribution in [1.29, 1.82) is 0 Å². The minimum absolute atomic E-state index is 0.172. The Balaban J connectivity index is 1.72. The molecule has 3 rings (SSSR count). The number of ether oxygens (including phenoxy) is 2. The van der Waals surface area contributed by atoms with E-state index in [0.29, 0.717) is 11.3 Å². The van der Waals surface area contributed by atoms with Gasteiger partial charge >= 0.3 is 11.9 Å². The fourth-order valence-electron chi connectivity index (χ4n) is 2.51. The fourth-order valence-corrected chi connectivity index (χ4v) is 2.51. The summed E-state index contributed by atoms with van der Waals surface area (Å²) in [5.74, 6) is -1.43. The maximum Gasteiger partial charge on any atom is 0.341 e. The molecule has 0 unspecified atom stereocenters. The van der Waals surface area contributed by atoms with Crippen molar-refractivity contribution < 1.29 is 28.3 Å². The molecule has 0 fully saturated rings. The van der Waals surface area contributed by atoms with Crippen molar-refractivity contribution in [2.24, 2.45) is 0 Å². The summed E-state index contributed by atoms with van der Waals surface area (Å²) in [5, 5.41) is 2.70. The van der Waals surface area contributed by atoms with Gasteiger partial charge in [-0.25, -0.2) is 9.59 Å². The number of esters is 2. The second kappa shape index (κ2) is 8.68. The fraction of sp³-hybridized carbons (Fsp3) is 0.0952. The van der Waals surface area contributed by atoms with Crippen LogP contribution < -0.4 is 5.32 Å². The van der Waals surface area contributed by atoms with Gasteiger partial charge < -0.3 is 19.2 Å². The first-order valence-electron chi connectivity index (χ1n) is 8.37. The number of hydrogen-bond acceptors (Lipinski definition) is 6. The summed E-state index contributed by atoms with van der Waals surface area (Å²) in [5.41, 5.74) is 1.14. The first kappa shape index (κ1) is 18.9. The molecule has 7 heteroatoms. The van der Waals surface area contributed by atoms with Crippen LogP contribution in [-0.4, -0.2) is 25.0 Å². The monoisotopic (exact) mass is 379 g/mol. The highest BCUT2D eigenvalue weighted by atomic mass is 16.5. The molecule has 7 nitrogen and oxygen atoms in total. The molecule has 1 N–H and O–H groups in total. The van der Waals surface area contributed by atoms with Crippen LogP contribution >= 0.6 is 0 Å². The first-order valence-corrected chi connectivity index (χ1v) is 8.37. The molecule has 0 bridgehead atoms. The van der Waals surface area contributed by atoms with Crippen LogP contribution in [0.2, 0.25) is 0 Å². The van der Waals surface area contributed by atoms with E-state index >= 15 is 0 Å². The van der Waals surface area contributed by atoms with Gasteiger partial charge in [0.15, 0.2) is 12.4 Å². The van der Waals surface area contributed by atoms with E-state index in [1.54, 1.807) is 48.5 Å². The largest absolute Gasteiger partial charge is 0.465 e. The smallest absolute Gasteiger partial charge is 0.341 e. The highest BCUT2D eigenvalue weighted by Crippen LogP contribution is 2.19. The van der Waals surface area contributed by atoms with Gasteiger partial charge in [-0.05, 0) is 30.3 Å². The molecule has 1 aromatic heterocycles. The number of hydrogen-bond donors (Lipinski definition) is 1. The molecule has 1 heterocycles. The first-order chi connectivity index (χ1) is 13.6. The SMILES string of the molecule is COC(=O)c1ccoc1COC(=O)c1ccccc1NC(=O)c1ccccc1. The third kappa shape index (κ3) is 4.27. The van der Waals surface area contributed by atoms with Crippen molar-refractivity contribution >= 4 is 23.5 Å². The Hall–Kier alpha value is -3.87. The zero-order valence-corrected chi connectivity index (χ0v) is 15.0. The van der Waals surface area contributed by atoms with E-state index in [-0.39, 0.29) is 29.4 Å². The summed E-state index contributed by atoms with van der Waals surface area (Å²) in [6.07, 6.45) is 1.31. The van der Waals surface area contributed by atoms with Gasteiger partial charge in [0.05, 0.1) is 24.6 Å². The molecule has 0 atom stereocenters. The van der Waals surface area contributed by atoms with Gasteiger partial charge in [-0.2, -0.15) is 0 Å². The van der Waals surface area contributed by atoms with Gasteiger partial charge in [0.1, 0.15) is 5.56 Å². The maximum atomic E-state index is 12.5. The van der Waals surface area contributed by atoms with E-state index in [1.165, 1.54) is 25.5 Å². The number of nitrogens with one attached hydrogen (secondary N) is 1. The highest BCUT2D eigenvalue weighted by molar-refractivity contribution is 6.08. The molecule has 0 saturated heterocycles. The van der Waals surface area contributed by atoms with Gasteiger partial charge in [-0.1, -0.05) is 30.3 Å². The third-order valence-electron chi connectivity index (χ3n) is 3.92. The lowest BCUT2D eigenvalue weighted by Crippen LogP contribution is -2.16. The zero-order valence-electron chi connectivity index (χ0n) is 15.0. The molecular weight excluding hydrogens is 362 g/mol. The molecule has 0 aliphatic heterocycles. The van der Waals surface area contributed by atoms with Crippen LogP contribution in [0.4, 0.5) is 5.69 Å². The summed E-state index contributed by atoms with van der Waals surface area (Å²) in [7, 11) is 1.25. The summed E-state index contributed by atoms with van der Waals surface area (Å²) in [6, 6.07) is 16.6.